The molecule has 2 rings (SSSR count). The molecule has 0 unspecified atom stereocenters. The Hall–Kier alpha value is -1.97. The Labute approximate surface area is 85.7 Å². The monoisotopic (exact) mass is 203 g/mol. The van der Waals surface area contributed by atoms with Crippen molar-refractivity contribution in [3.63, 3.8) is 0 Å². The minimum Gasteiger partial charge on any atom is -0.394 e. The van der Waals surface area contributed by atoms with Gasteiger partial charge in [0.25, 0.3) is 0 Å². The summed E-state index contributed by atoms with van der Waals surface area (Å²) in [6.45, 7) is 0.505. The molecule has 1 N–H and O–H groups in total. The smallest absolute Gasteiger partial charge is 0.240 e. The maximum atomic E-state index is 10.1. The van der Waals surface area contributed by atoms with Gasteiger partial charge in [-0.05, 0) is 18.2 Å². The van der Waals surface area contributed by atoms with E-state index in [2.05, 4.69) is 10.1 Å². The van der Waals surface area contributed by atoms with Crippen LogP contribution in [0.25, 0.3) is 10.9 Å². The Kier molecular flexibility index (Phi) is 2.58. The maximum absolute atomic E-state index is 10.1. The zero-order valence-electron chi connectivity index (χ0n) is 7.92. The van der Waals surface area contributed by atoms with Crippen LogP contribution in [0.1, 0.15) is 0 Å². The van der Waals surface area contributed by atoms with Crippen LogP contribution in [0.3, 0.4) is 0 Å². The lowest BCUT2D eigenvalue weighted by Gasteiger charge is -1.99. The van der Waals surface area contributed by atoms with Crippen molar-refractivity contribution in [3.8, 4) is 0 Å². The highest BCUT2D eigenvalue weighted by molar-refractivity contribution is 5.82. The average molecular weight is 203 g/mol. The number of isocyanates is 1. The predicted molar refractivity (Wildman–Crippen MR) is 54.6 cm³/mol. The van der Waals surface area contributed by atoms with Crippen LogP contribution in [0.2, 0.25) is 0 Å². The molecular formula is C10H9N3O2. The Balaban J connectivity index is 2.51. The maximum Gasteiger partial charge on any atom is 0.240 e. The van der Waals surface area contributed by atoms with Gasteiger partial charge in [-0.25, -0.2) is 4.79 Å². The fourth-order valence-electron chi connectivity index (χ4n) is 1.47. The molecule has 0 radical (unpaired) electrons. The second-order valence-corrected chi connectivity index (χ2v) is 3.04. The number of benzene rings is 1. The Morgan fingerprint density at radius 3 is 3.13 bits per heavy atom. The summed E-state index contributed by atoms with van der Waals surface area (Å²) in [6, 6.07) is 5.28. The predicted octanol–water partition coefficient (Wildman–Crippen LogP) is 0.996. The third kappa shape index (κ3) is 1.79. The number of hydrogen-bond donors (Lipinski definition) is 1. The molecule has 0 fully saturated rings. The quantitative estimate of drug-likeness (QED) is 0.597. The first-order valence-corrected chi connectivity index (χ1v) is 4.49. The van der Waals surface area contributed by atoms with Gasteiger partial charge in [0.15, 0.2) is 0 Å². The van der Waals surface area contributed by atoms with E-state index in [1.165, 1.54) is 6.08 Å². The molecule has 2 aromatic rings. The second-order valence-electron chi connectivity index (χ2n) is 3.04. The zero-order valence-corrected chi connectivity index (χ0v) is 7.92. The Morgan fingerprint density at radius 1 is 1.53 bits per heavy atom. The number of aromatic nitrogens is 2. The number of hydrogen-bond acceptors (Lipinski definition) is 4. The highest BCUT2D eigenvalue weighted by Gasteiger charge is 2.02. The van der Waals surface area contributed by atoms with E-state index < -0.39 is 0 Å². The molecule has 0 amide bonds. The summed E-state index contributed by atoms with van der Waals surface area (Å²) in [5.41, 5.74) is 1.47. The van der Waals surface area contributed by atoms with Crippen LogP contribution in [0.15, 0.2) is 29.4 Å². The van der Waals surface area contributed by atoms with Crippen LogP contribution in [0, 0.1) is 0 Å². The zero-order chi connectivity index (χ0) is 10.7. The molecule has 0 bridgehead atoms. The molecule has 0 saturated carbocycles. The summed E-state index contributed by atoms with van der Waals surface area (Å²) in [6.07, 6.45) is 3.16. The van der Waals surface area contributed by atoms with E-state index in [1.54, 1.807) is 23.0 Å². The van der Waals surface area contributed by atoms with Crippen molar-refractivity contribution in [1.29, 1.82) is 0 Å². The first-order chi connectivity index (χ1) is 7.35. The fraction of sp³-hybridized carbons (Fsp3) is 0.200. The summed E-state index contributed by atoms with van der Waals surface area (Å²) in [7, 11) is 0. The van der Waals surface area contributed by atoms with Gasteiger partial charge in [-0.1, -0.05) is 0 Å². The van der Waals surface area contributed by atoms with Gasteiger partial charge in [0.2, 0.25) is 6.08 Å². The lowest BCUT2D eigenvalue weighted by Crippen LogP contribution is -2.02. The number of aliphatic hydroxyl groups excluding tert-OH is 1. The summed E-state index contributed by atoms with van der Waals surface area (Å²) >= 11 is 0. The summed E-state index contributed by atoms with van der Waals surface area (Å²) < 4.78 is 1.70. The van der Waals surface area contributed by atoms with Crippen LogP contribution in [-0.4, -0.2) is 27.6 Å². The van der Waals surface area contributed by atoms with Crippen molar-refractivity contribution in [1.82, 2.24) is 9.78 Å². The summed E-state index contributed by atoms with van der Waals surface area (Å²) in [5.74, 6) is 0. The van der Waals surface area contributed by atoms with Crippen molar-refractivity contribution in [2.75, 3.05) is 6.61 Å². The number of nitrogens with zero attached hydrogens (tertiary/aromatic N) is 3. The van der Waals surface area contributed by atoms with E-state index in [-0.39, 0.29) is 6.61 Å². The van der Waals surface area contributed by atoms with Crippen LogP contribution in [0.4, 0.5) is 5.69 Å². The molecule has 0 atom stereocenters. The number of aliphatic hydroxyl groups is 1. The van der Waals surface area contributed by atoms with E-state index >= 15 is 0 Å². The summed E-state index contributed by atoms with van der Waals surface area (Å²) in [5, 5.41) is 13.8. The molecule has 0 aliphatic carbocycles. The molecule has 0 aliphatic rings. The van der Waals surface area contributed by atoms with Gasteiger partial charge in [-0.2, -0.15) is 10.1 Å². The Bertz CT molecular complexity index is 526. The molecular weight excluding hydrogens is 194 g/mol. The molecule has 1 aromatic carbocycles. The van der Waals surface area contributed by atoms with Crippen LogP contribution in [-0.2, 0) is 11.3 Å². The number of rotatable bonds is 3. The van der Waals surface area contributed by atoms with Gasteiger partial charge in [0, 0.05) is 5.39 Å². The first kappa shape index (κ1) is 9.58. The molecule has 0 spiro atoms. The average Bonchev–Trinajstić information content (AvgIpc) is 2.62. The van der Waals surface area contributed by atoms with Crippen LogP contribution < -0.4 is 0 Å². The van der Waals surface area contributed by atoms with Crippen molar-refractivity contribution >= 4 is 22.7 Å². The molecule has 1 heterocycles. The minimum atomic E-state index is 0.0466. The largest absolute Gasteiger partial charge is 0.394 e. The molecule has 1 aromatic heterocycles. The second kappa shape index (κ2) is 4.04. The topological polar surface area (TPSA) is 67.5 Å². The van der Waals surface area contributed by atoms with Crippen LogP contribution >= 0.6 is 0 Å². The lowest BCUT2D eigenvalue weighted by molar-refractivity contribution is 0.271. The van der Waals surface area contributed by atoms with E-state index in [0.29, 0.717) is 12.2 Å². The van der Waals surface area contributed by atoms with Gasteiger partial charge in [-0.3, -0.25) is 4.68 Å². The van der Waals surface area contributed by atoms with Gasteiger partial charge in [0.05, 0.1) is 30.6 Å². The van der Waals surface area contributed by atoms with E-state index in [1.807, 2.05) is 6.07 Å². The van der Waals surface area contributed by atoms with Crippen molar-refractivity contribution in [3.05, 3.63) is 24.4 Å². The number of aliphatic imine (C=N–C) groups is 1. The highest BCUT2D eigenvalue weighted by atomic mass is 16.3. The molecule has 0 aliphatic heterocycles. The Morgan fingerprint density at radius 2 is 2.40 bits per heavy atom. The van der Waals surface area contributed by atoms with E-state index in [4.69, 9.17) is 5.11 Å². The lowest BCUT2D eigenvalue weighted by atomic mass is 10.2. The first-order valence-electron chi connectivity index (χ1n) is 4.49. The fourth-order valence-corrected chi connectivity index (χ4v) is 1.47. The molecule has 5 nitrogen and oxygen atoms in total. The third-order valence-electron chi connectivity index (χ3n) is 2.11. The van der Waals surface area contributed by atoms with Gasteiger partial charge in [-0.15, -0.1) is 0 Å². The molecule has 5 heteroatoms. The van der Waals surface area contributed by atoms with Crippen LogP contribution in [0.5, 0.6) is 0 Å². The van der Waals surface area contributed by atoms with E-state index in [0.717, 1.165) is 10.9 Å². The normalized spacial score (nSPS) is 10.2. The molecule has 0 saturated heterocycles. The van der Waals surface area contributed by atoms with Crippen molar-refractivity contribution in [2.45, 2.75) is 6.54 Å². The van der Waals surface area contributed by atoms with Gasteiger partial charge < -0.3 is 5.11 Å². The SMILES string of the molecule is O=C=Nc1ccc2c(cnn2CCO)c1. The number of fused-ring (bicyclic) bond motifs is 1. The highest BCUT2D eigenvalue weighted by Crippen LogP contribution is 2.20. The molecule has 76 valence electrons. The third-order valence-corrected chi connectivity index (χ3v) is 2.11. The molecule has 15 heavy (non-hydrogen) atoms. The van der Waals surface area contributed by atoms with Gasteiger partial charge >= 0.3 is 0 Å². The summed E-state index contributed by atoms with van der Waals surface area (Å²) in [4.78, 5) is 13.6. The van der Waals surface area contributed by atoms with E-state index in [9.17, 15) is 4.79 Å². The standard InChI is InChI=1S/C10H9N3O2/c14-4-3-13-10-2-1-9(11-7-15)5-8(10)6-12-13/h1-2,5-6,14H,3-4H2. The van der Waals surface area contributed by atoms with Gasteiger partial charge in [0.1, 0.15) is 0 Å². The minimum absolute atomic E-state index is 0.0466. The van der Waals surface area contributed by atoms with Crippen molar-refractivity contribution < 1.29 is 9.90 Å². The number of carbonyl (C=O) groups excluding carboxylic acids is 1. The van der Waals surface area contributed by atoms with Crippen molar-refractivity contribution in [2.24, 2.45) is 4.99 Å².